The molecule has 6 nitrogen and oxygen atoms in total. The molecule has 154 valence electrons. The number of carbonyl (C=O) groups excluding carboxylic acids is 1. The van der Waals surface area contributed by atoms with Gasteiger partial charge in [0.25, 0.3) is 0 Å². The van der Waals surface area contributed by atoms with Gasteiger partial charge in [-0.2, -0.15) is 0 Å². The first-order valence-corrected chi connectivity index (χ1v) is 9.52. The van der Waals surface area contributed by atoms with Crippen LogP contribution in [0.2, 0.25) is 0 Å². The van der Waals surface area contributed by atoms with Crippen molar-refractivity contribution in [2.24, 2.45) is 0 Å². The molecule has 2 saturated heterocycles. The number of benzene rings is 1. The predicted molar refractivity (Wildman–Crippen MR) is 114 cm³/mol. The molecule has 1 atom stereocenters. The topological polar surface area (TPSA) is 61.6 Å². The van der Waals surface area contributed by atoms with Crippen molar-refractivity contribution in [1.82, 2.24) is 20.1 Å². The Morgan fingerprint density at radius 3 is 2.64 bits per heavy atom. The third-order valence-electron chi connectivity index (χ3n) is 5.35. The zero-order chi connectivity index (χ0) is 17.8. The third kappa shape index (κ3) is 5.47. The van der Waals surface area contributed by atoms with Crippen LogP contribution in [0.4, 0.5) is 0 Å². The van der Waals surface area contributed by atoms with Gasteiger partial charge in [-0.05, 0) is 6.42 Å². The van der Waals surface area contributed by atoms with Crippen molar-refractivity contribution in [3.8, 4) is 11.3 Å². The molecule has 2 fully saturated rings. The third-order valence-corrected chi connectivity index (χ3v) is 5.35. The van der Waals surface area contributed by atoms with Crippen LogP contribution in [0, 0.1) is 0 Å². The molecule has 28 heavy (non-hydrogen) atoms. The molecular weight excluding hydrogens is 399 g/mol. The van der Waals surface area contributed by atoms with E-state index >= 15 is 0 Å². The highest BCUT2D eigenvalue weighted by Gasteiger charge is 2.30. The lowest BCUT2D eigenvalue weighted by Gasteiger charge is -2.32. The van der Waals surface area contributed by atoms with E-state index in [4.69, 9.17) is 4.42 Å². The Hall–Kier alpha value is -1.60. The largest absolute Gasteiger partial charge is 0.441 e. The molecule has 3 heterocycles. The number of oxazole rings is 1. The van der Waals surface area contributed by atoms with Crippen molar-refractivity contribution < 1.29 is 9.21 Å². The Bertz CT molecular complexity index is 735. The second-order valence-corrected chi connectivity index (χ2v) is 7.05. The van der Waals surface area contributed by atoms with Crippen molar-refractivity contribution in [2.45, 2.75) is 25.3 Å². The van der Waals surface area contributed by atoms with Gasteiger partial charge in [-0.3, -0.25) is 9.69 Å². The first-order chi connectivity index (χ1) is 12.8. The SMILES string of the molecule is Cl.Cl.O=C(CCc1ncc(-c2ccccc2)o1)N1CCC(N2CCNCC2)C1. The molecule has 1 unspecified atom stereocenters. The summed E-state index contributed by atoms with van der Waals surface area (Å²) in [6, 6.07) is 10.4. The maximum absolute atomic E-state index is 12.5. The number of likely N-dealkylation sites (tertiary alicyclic amines) is 1. The van der Waals surface area contributed by atoms with E-state index in [-0.39, 0.29) is 30.7 Å². The average Bonchev–Trinajstić information content (AvgIpc) is 3.37. The number of amides is 1. The number of rotatable bonds is 5. The Labute approximate surface area is 178 Å². The lowest BCUT2D eigenvalue weighted by Crippen LogP contribution is -2.49. The normalized spacial score (nSPS) is 19.7. The zero-order valence-corrected chi connectivity index (χ0v) is 17.5. The van der Waals surface area contributed by atoms with E-state index in [9.17, 15) is 4.79 Å². The lowest BCUT2D eigenvalue weighted by molar-refractivity contribution is -0.130. The van der Waals surface area contributed by atoms with E-state index in [0.29, 0.717) is 24.8 Å². The molecule has 4 rings (SSSR count). The highest BCUT2D eigenvalue weighted by Crippen LogP contribution is 2.21. The quantitative estimate of drug-likeness (QED) is 0.795. The minimum Gasteiger partial charge on any atom is -0.441 e. The van der Waals surface area contributed by atoms with Crippen LogP contribution in [0.5, 0.6) is 0 Å². The predicted octanol–water partition coefficient (Wildman–Crippen LogP) is 2.62. The second-order valence-electron chi connectivity index (χ2n) is 7.05. The maximum atomic E-state index is 12.5. The van der Waals surface area contributed by atoms with E-state index in [0.717, 1.165) is 57.0 Å². The highest BCUT2D eigenvalue weighted by molar-refractivity contribution is 5.85. The van der Waals surface area contributed by atoms with Crippen LogP contribution in [0.15, 0.2) is 40.9 Å². The highest BCUT2D eigenvalue weighted by atomic mass is 35.5. The summed E-state index contributed by atoms with van der Waals surface area (Å²) < 4.78 is 5.80. The first kappa shape index (κ1) is 22.7. The minimum atomic E-state index is 0. The number of hydrogen-bond acceptors (Lipinski definition) is 5. The number of carbonyl (C=O) groups is 1. The summed E-state index contributed by atoms with van der Waals surface area (Å²) in [6.45, 7) is 6.02. The Morgan fingerprint density at radius 2 is 1.89 bits per heavy atom. The molecule has 1 aromatic heterocycles. The maximum Gasteiger partial charge on any atom is 0.223 e. The number of nitrogens with zero attached hydrogens (tertiary/aromatic N) is 3. The molecule has 1 aromatic carbocycles. The Balaban J connectivity index is 0.00000140. The van der Waals surface area contributed by atoms with Gasteiger partial charge in [0.2, 0.25) is 5.91 Å². The van der Waals surface area contributed by atoms with Crippen LogP contribution in [0.1, 0.15) is 18.7 Å². The van der Waals surface area contributed by atoms with Crippen LogP contribution >= 0.6 is 24.8 Å². The van der Waals surface area contributed by atoms with Crippen LogP contribution in [-0.2, 0) is 11.2 Å². The van der Waals surface area contributed by atoms with Crippen LogP contribution in [0.25, 0.3) is 11.3 Å². The Morgan fingerprint density at radius 1 is 1.14 bits per heavy atom. The molecule has 0 aliphatic carbocycles. The molecule has 2 aliphatic rings. The molecular formula is C20H28Cl2N4O2. The van der Waals surface area contributed by atoms with E-state index in [1.807, 2.05) is 35.2 Å². The zero-order valence-electron chi connectivity index (χ0n) is 15.9. The van der Waals surface area contributed by atoms with Crippen molar-refractivity contribution in [3.63, 3.8) is 0 Å². The number of hydrogen-bond donors (Lipinski definition) is 1. The van der Waals surface area contributed by atoms with Crippen molar-refractivity contribution in [3.05, 3.63) is 42.4 Å². The number of piperazine rings is 1. The molecule has 1 N–H and O–H groups in total. The number of aromatic nitrogens is 1. The number of aryl methyl sites for hydroxylation is 1. The smallest absolute Gasteiger partial charge is 0.223 e. The lowest BCUT2D eigenvalue weighted by atomic mass is 10.2. The average molecular weight is 427 g/mol. The fraction of sp³-hybridized carbons (Fsp3) is 0.500. The summed E-state index contributed by atoms with van der Waals surface area (Å²) in [5.41, 5.74) is 1.01. The summed E-state index contributed by atoms with van der Waals surface area (Å²) >= 11 is 0. The standard InChI is InChI=1S/C20H26N4O2.2ClH/c25-20(24-11-8-17(15-24)23-12-9-21-10-13-23)7-6-19-22-14-18(26-19)16-4-2-1-3-5-16;;/h1-5,14,17,21H,6-13,15H2;2*1H. The molecule has 8 heteroatoms. The summed E-state index contributed by atoms with van der Waals surface area (Å²) in [5, 5.41) is 3.38. The van der Waals surface area contributed by atoms with Crippen molar-refractivity contribution >= 4 is 30.7 Å². The monoisotopic (exact) mass is 426 g/mol. The van der Waals surface area contributed by atoms with Crippen molar-refractivity contribution in [2.75, 3.05) is 39.3 Å². The molecule has 2 aliphatic heterocycles. The second kappa shape index (κ2) is 10.8. The summed E-state index contributed by atoms with van der Waals surface area (Å²) in [4.78, 5) is 21.4. The van der Waals surface area contributed by atoms with Crippen LogP contribution < -0.4 is 5.32 Å². The first-order valence-electron chi connectivity index (χ1n) is 9.52. The van der Waals surface area contributed by atoms with E-state index in [1.54, 1.807) is 6.20 Å². The number of halogens is 2. The van der Waals surface area contributed by atoms with Crippen LogP contribution in [0.3, 0.4) is 0 Å². The van der Waals surface area contributed by atoms with E-state index in [2.05, 4.69) is 15.2 Å². The minimum absolute atomic E-state index is 0. The van der Waals surface area contributed by atoms with Gasteiger partial charge in [0.15, 0.2) is 11.7 Å². The van der Waals surface area contributed by atoms with Gasteiger partial charge in [-0.1, -0.05) is 30.3 Å². The summed E-state index contributed by atoms with van der Waals surface area (Å²) in [6.07, 6.45) is 3.85. The number of nitrogens with one attached hydrogen (secondary N) is 1. The molecule has 0 bridgehead atoms. The van der Waals surface area contributed by atoms with Gasteiger partial charge in [0, 0.05) is 63.7 Å². The molecule has 0 saturated carbocycles. The molecule has 0 radical (unpaired) electrons. The van der Waals surface area contributed by atoms with Gasteiger partial charge < -0.3 is 14.6 Å². The Kier molecular flexibility index (Phi) is 8.76. The summed E-state index contributed by atoms with van der Waals surface area (Å²) in [5.74, 6) is 1.60. The molecule has 0 spiro atoms. The van der Waals surface area contributed by atoms with Crippen molar-refractivity contribution in [1.29, 1.82) is 0 Å². The fourth-order valence-corrected chi connectivity index (χ4v) is 3.85. The molecule has 2 aromatic rings. The van der Waals surface area contributed by atoms with Gasteiger partial charge >= 0.3 is 0 Å². The van der Waals surface area contributed by atoms with Gasteiger partial charge in [0.05, 0.1) is 6.20 Å². The fourth-order valence-electron chi connectivity index (χ4n) is 3.85. The van der Waals surface area contributed by atoms with Gasteiger partial charge in [0.1, 0.15) is 0 Å². The van der Waals surface area contributed by atoms with Crippen LogP contribution in [-0.4, -0.2) is 66.0 Å². The van der Waals surface area contributed by atoms with Gasteiger partial charge in [-0.25, -0.2) is 4.98 Å². The van der Waals surface area contributed by atoms with Gasteiger partial charge in [-0.15, -0.1) is 24.8 Å². The molecule has 1 amide bonds. The van der Waals surface area contributed by atoms with E-state index < -0.39 is 0 Å². The van der Waals surface area contributed by atoms with E-state index in [1.165, 1.54) is 0 Å². The summed E-state index contributed by atoms with van der Waals surface area (Å²) in [7, 11) is 0.